The van der Waals surface area contributed by atoms with Crippen molar-refractivity contribution in [1.82, 2.24) is 35.9 Å². The first kappa shape index (κ1) is 40.0. The van der Waals surface area contributed by atoms with Gasteiger partial charge in [-0.05, 0) is 81.0 Å². The average molecular weight is 744 g/mol. The van der Waals surface area contributed by atoms with Gasteiger partial charge in [-0.25, -0.2) is 0 Å². The molecule has 14 heteroatoms. The monoisotopic (exact) mass is 743 g/mol. The van der Waals surface area contributed by atoms with Crippen molar-refractivity contribution in [3.05, 3.63) is 82.7 Å². The van der Waals surface area contributed by atoms with Crippen molar-refractivity contribution < 1.29 is 33.8 Å². The van der Waals surface area contributed by atoms with E-state index in [0.29, 0.717) is 24.3 Å². The minimum Gasteiger partial charge on any atom is -0.491 e. The second kappa shape index (κ2) is 17.7. The predicted molar refractivity (Wildman–Crippen MR) is 201 cm³/mol. The highest BCUT2D eigenvalue weighted by Gasteiger charge is 2.42. The highest BCUT2D eigenvalue weighted by Crippen LogP contribution is 2.21. The Balaban J connectivity index is 1.43. The molecule has 2 bridgehead atoms. The molecule has 54 heavy (non-hydrogen) atoms. The largest absolute Gasteiger partial charge is 0.491 e. The van der Waals surface area contributed by atoms with E-state index in [4.69, 9.17) is 4.74 Å². The summed E-state index contributed by atoms with van der Waals surface area (Å²) < 4.78 is 7.93. The number of aryl methyl sites for hydroxylation is 2. The lowest BCUT2D eigenvalue weighted by Gasteiger charge is -2.30. The van der Waals surface area contributed by atoms with E-state index in [-0.39, 0.29) is 44.4 Å². The number of aliphatic hydroxyl groups is 1. The van der Waals surface area contributed by atoms with Crippen LogP contribution in [0.4, 0.5) is 0 Å². The molecule has 4 heterocycles. The molecular weight excluding hydrogens is 690 g/mol. The molecule has 3 aliphatic rings. The quantitative estimate of drug-likeness (QED) is 0.228. The number of rotatable bonds is 7. The van der Waals surface area contributed by atoms with Gasteiger partial charge < -0.3 is 36.0 Å². The molecule has 6 rings (SSSR count). The van der Waals surface area contributed by atoms with Crippen LogP contribution < -0.4 is 26.0 Å². The van der Waals surface area contributed by atoms with Crippen LogP contribution in [-0.2, 0) is 32.1 Å². The number of hydrogen-bond donors (Lipinski definition) is 5. The topological polar surface area (TPSA) is 184 Å². The van der Waals surface area contributed by atoms with Crippen LogP contribution in [0.15, 0.2) is 54.6 Å². The lowest BCUT2D eigenvalue weighted by atomic mass is 10.0. The molecule has 0 unspecified atom stereocenters. The van der Waals surface area contributed by atoms with Crippen LogP contribution in [0.5, 0.6) is 5.75 Å². The zero-order chi connectivity index (χ0) is 39.1. The molecule has 290 valence electrons. The summed E-state index contributed by atoms with van der Waals surface area (Å²) in [5.74, 6) is -1.79. The van der Waals surface area contributed by atoms with Gasteiger partial charge in [0.15, 0.2) is 0 Å². The molecule has 5 N–H and O–H groups in total. The van der Waals surface area contributed by atoms with E-state index < -0.39 is 59.8 Å². The van der Waals surface area contributed by atoms with Crippen molar-refractivity contribution in [3.63, 3.8) is 0 Å². The zero-order valence-corrected chi connectivity index (χ0v) is 31.9. The molecule has 2 aromatic carbocycles. The fourth-order valence-corrected chi connectivity index (χ4v) is 6.98. The molecule has 3 aromatic rings. The number of nitrogens with one attached hydrogen (secondary N) is 4. The normalized spacial score (nSPS) is 24.3. The predicted octanol–water partition coefficient (Wildman–Crippen LogP) is 2.17. The van der Waals surface area contributed by atoms with E-state index in [0.717, 1.165) is 22.5 Å². The molecule has 0 radical (unpaired) electrons. The summed E-state index contributed by atoms with van der Waals surface area (Å²) in [7, 11) is 0. The van der Waals surface area contributed by atoms with E-state index in [1.54, 1.807) is 56.3 Å². The van der Waals surface area contributed by atoms with Crippen molar-refractivity contribution in [3.8, 4) is 5.75 Å². The number of fused-ring (bicyclic) bond motifs is 14. The third-order valence-electron chi connectivity index (χ3n) is 9.80. The van der Waals surface area contributed by atoms with Crippen molar-refractivity contribution in [2.45, 2.75) is 110 Å². The number of carbonyl (C=O) groups is 5. The van der Waals surface area contributed by atoms with E-state index in [2.05, 4.69) is 26.4 Å². The Kier molecular flexibility index (Phi) is 13.1. The molecular formula is C40H53N7O7. The lowest BCUT2D eigenvalue weighted by molar-refractivity contribution is -0.142. The molecule has 0 spiro atoms. The molecule has 1 aromatic heterocycles. The molecule has 6 atom stereocenters. The average Bonchev–Trinajstić information content (AvgIpc) is 3.68. The zero-order valence-electron chi connectivity index (χ0n) is 31.9. The van der Waals surface area contributed by atoms with Gasteiger partial charge in [0.05, 0.1) is 24.4 Å². The standard InChI is InChI=1S/C40H53N7O7/c1-7-33-40(53)46-21-31(48)19-35(46)39(52)41-26(6)36(49)42-30(15-23(2)3)22-54-32-13-11-27(12-14-32)18-34(38(51)43-33)44-37(50)29-10-8-9-28(17-29)20-47-25(5)16-24(4)45-47/h8-14,16-17,23,26,30-31,33-35,48H,7,15,18-22H2,1-6H3,(H,41,52)(H,42,49)(H,43,51)(H,44,50)/t26-,30+,31-,33+,34+,35+/m1/s1. The van der Waals surface area contributed by atoms with Gasteiger partial charge in [-0.1, -0.05) is 45.0 Å². The number of aromatic nitrogens is 2. The maximum absolute atomic E-state index is 14.0. The summed E-state index contributed by atoms with van der Waals surface area (Å²) in [5, 5.41) is 26.5. The van der Waals surface area contributed by atoms with Crippen LogP contribution in [-0.4, -0.2) is 98.8 Å². The fourth-order valence-electron chi connectivity index (χ4n) is 6.98. The number of aliphatic hydroxyl groups excluding tert-OH is 1. The molecule has 3 aliphatic heterocycles. The highest BCUT2D eigenvalue weighted by atomic mass is 16.5. The SMILES string of the molecule is CC[C@@H]1NC(=O)[C@@H](NC(=O)c2cccc(Cn3nc(C)cc3C)c2)Cc2ccc(cc2)OC[C@H](CC(C)C)NC(=O)[C@@H](C)NC(=O)[C@@H]2C[C@@H](O)CN2C1=O. The molecule has 14 nitrogen and oxygen atoms in total. The molecule has 0 saturated carbocycles. The Hall–Kier alpha value is -5.24. The van der Waals surface area contributed by atoms with Crippen molar-refractivity contribution in [2.75, 3.05) is 13.2 Å². The third-order valence-corrected chi connectivity index (χ3v) is 9.80. The van der Waals surface area contributed by atoms with Gasteiger partial charge in [-0.3, -0.25) is 28.7 Å². The van der Waals surface area contributed by atoms with Crippen LogP contribution in [0.3, 0.4) is 0 Å². The summed E-state index contributed by atoms with van der Waals surface area (Å²) in [5.41, 5.74) is 3.84. The highest BCUT2D eigenvalue weighted by molar-refractivity contribution is 5.99. The summed E-state index contributed by atoms with van der Waals surface area (Å²) in [6.45, 7) is 11.8. The lowest BCUT2D eigenvalue weighted by Crippen LogP contribution is -2.58. The first-order valence-electron chi connectivity index (χ1n) is 18.7. The number of benzene rings is 2. The Morgan fingerprint density at radius 3 is 2.41 bits per heavy atom. The molecule has 5 amide bonds. The van der Waals surface area contributed by atoms with Gasteiger partial charge in [0.25, 0.3) is 5.91 Å². The summed E-state index contributed by atoms with van der Waals surface area (Å²) in [6, 6.07) is 11.8. The Morgan fingerprint density at radius 1 is 1.00 bits per heavy atom. The van der Waals surface area contributed by atoms with Gasteiger partial charge in [0.1, 0.15) is 36.5 Å². The number of nitrogens with zero attached hydrogens (tertiary/aromatic N) is 3. The first-order chi connectivity index (χ1) is 25.7. The molecule has 0 aliphatic carbocycles. The fraction of sp³-hybridized carbons (Fsp3) is 0.500. The van der Waals surface area contributed by atoms with Gasteiger partial charge in [0, 0.05) is 30.6 Å². The van der Waals surface area contributed by atoms with E-state index in [9.17, 15) is 29.1 Å². The Morgan fingerprint density at radius 2 is 1.74 bits per heavy atom. The third kappa shape index (κ3) is 10.2. The maximum atomic E-state index is 14.0. The van der Waals surface area contributed by atoms with E-state index in [1.807, 2.05) is 44.5 Å². The second-order valence-electron chi connectivity index (χ2n) is 14.9. The van der Waals surface area contributed by atoms with Crippen LogP contribution in [0, 0.1) is 19.8 Å². The number of amides is 5. The van der Waals surface area contributed by atoms with Crippen molar-refractivity contribution in [1.29, 1.82) is 0 Å². The van der Waals surface area contributed by atoms with Gasteiger partial charge in [-0.2, -0.15) is 5.10 Å². The van der Waals surface area contributed by atoms with Crippen LogP contribution in [0.2, 0.25) is 0 Å². The van der Waals surface area contributed by atoms with Crippen LogP contribution in [0.25, 0.3) is 0 Å². The summed E-state index contributed by atoms with van der Waals surface area (Å²) >= 11 is 0. The van der Waals surface area contributed by atoms with Crippen molar-refractivity contribution in [2.24, 2.45) is 5.92 Å². The van der Waals surface area contributed by atoms with Gasteiger partial charge in [0.2, 0.25) is 23.6 Å². The molecule has 1 fully saturated rings. The van der Waals surface area contributed by atoms with Crippen LogP contribution >= 0.6 is 0 Å². The Bertz CT molecular complexity index is 1820. The number of carbonyl (C=O) groups excluding carboxylic acids is 5. The molecule has 1 saturated heterocycles. The second-order valence-corrected chi connectivity index (χ2v) is 14.9. The van der Waals surface area contributed by atoms with Gasteiger partial charge in [-0.15, -0.1) is 0 Å². The number of ether oxygens (including phenoxy) is 1. The Labute approximate surface area is 316 Å². The van der Waals surface area contributed by atoms with E-state index >= 15 is 0 Å². The summed E-state index contributed by atoms with van der Waals surface area (Å²) in [4.78, 5) is 69.7. The first-order valence-corrected chi connectivity index (χ1v) is 18.7. The minimum absolute atomic E-state index is 0.0208. The smallest absolute Gasteiger partial charge is 0.251 e. The van der Waals surface area contributed by atoms with Crippen LogP contribution in [0.1, 0.15) is 79.8 Å². The minimum atomic E-state index is -1.08. The van der Waals surface area contributed by atoms with E-state index in [1.165, 1.54) is 4.90 Å². The maximum Gasteiger partial charge on any atom is 0.251 e. The van der Waals surface area contributed by atoms with Gasteiger partial charge >= 0.3 is 0 Å². The summed E-state index contributed by atoms with van der Waals surface area (Å²) in [6.07, 6.45) is -0.0776. The number of hydrogen-bond acceptors (Lipinski definition) is 8. The van der Waals surface area contributed by atoms with Crippen molar-refractivity contribution >= 4 is 29.5 Å².